The Balaban J connectivity index is 1.82. The first-order valence-corrected chi connectivity index (χ1v) is 9.51. The summed E-state index contributed by atoms with van der Waals surface area (Å²) < 4.78 is 12.4. The standard InChI is InChI=1S/C19H21NO2S/c1-23-13-21-18-11-6-12-20-15-8-3-5-10-17(15)22-16-9-4-2-7-14(16)19(18)20/h2-5,7-10,18-19H,6,11-13H2,1H3/t18-,19+/m1/s1. The molecule has 1 fully saturated rings. The lowest BCUT2D eigenvalue weighted by Gasteiger charge is -2.41. The van der Waals surface area contributed by atoms with Gasteiger partial charge in [0.15, 0.2) is 5.75 Å². The van der Waals surface area contributed by atoms with Crippen molar-refractivity contribution in [1.82, 2.24) is 0 Å². The number of thioether (sulfide) groups is 1. The molecule has 1 saturated heterocycles. The normalized spacial score (nSPS) is 22.4. The first kappa shape index (κ1) is 14.9. The van der Waals surface area contributed by atoms with Gasteiger partial charge in [-0.2, -0.15) is 0 Å². The SMILES string of the molecule is CSCO[C@@H]1CCCN2c3ccccc3Oc3ccccc3[C@@H]12. The molecule has 2 heterocycles. The van der Waals surface area contributed by atoms with E-state index in [-0.39, 0.29) is 12.1 Å². The van der Waals surface area contributed by atoms with E-state index in [0.29, 0.717) is 0 Å². The molecule has 0 aromatic heterocycles. The summed E-state index contributed by atoms with van der Waals surface area (Å²) in [6.45, 7) is 1.04. The maximum absolute atomic E-state index is 6.24. The van der Waals surface area contributed by atoms with Crippen molar-refractivity contribution in [2.24, 2.45) is 0 Å². The van der Waals surface area contributed by atoms with Crippen LogP contribution >= 0.6 is 11.8 Å². The van der Waals surface area contributed by atoms with Crippen molar-refractivity contribution in [3.8, 4) is 11.5 Å². The van der Waals surface area contributed by atoms with Crippen LogP contribution in [0, 0.1) is 0 Å². The van der Waals surface area contributed by atoms with Crippen molar-refractivity contribution < 1.29 is 9.47 Å². The second kappa shape index (κ2) is 6.46. The number of benzene rings is 2. The minimum Gasteiger partial charge on any atom is -0.455 e. The Morgan fingerprint density at radius 3 is 2.78 bits per heavy atom. The number of ether oxygens (including phenoxy) is 2. The predicted octanol–water partition coefficient (Wildman–Crippen LogP) is 4.84. The topological polar surface area (TPSA) is 21.7 Å². The predicted molar refractivity (Wildman–Crippen MR) is 95.5 cm³/mol. The number of piperidine rings is 1. The molecule has 120 valence electrons. The average molecular weight is 327 g/mol. The highest BCUT2D eigenvalue weighted by Gasteiger charge is 2.38. The first-order valence-electron chi connectivity index (χ1n) is 8.11. The van der Waals surface area contributed by atoms with Crippen molar-refractivity contribution in [2.45, 2.75) is 25.0 Å². The van der Waals surface area contributed by atoms with Gasteiger partial charge in [0.1, 0.15) is 5.75 Å². The van der Waals surface area contributed by atoms with Crippen LogP contribution in [0.15, 0.2) is 48.5 Å². The summed E-state index contributed by atoms with van der Waals surface area (Å²) in [7, 11) is 0. The second-order valence-corrected chi connectivity index (χ2v) is 6.81. The van der Waals surface area contributed by atoms with Gasteiger partial charge < -0.3 is 14.4 Å². The van der Waals surface area contributed by atoms with E-state index in [1.807, 2.05) is 12.1 Å². The molecule has 4 rings (SSSR count). The van der Waals surface area contributed by atoms with Crippen LogP contribution in [0.2, 0.25) is 0 Å². The number of anilines is 1. The number of hydrogen-bond acceptors (Lipinski definition) is 4. The third kappa shape index (κ3) is 2.70. The van der Waals surface area contributed by atoms with Gasteiger partial charge in [-0.05, 0) is 37.3 Å². The van der Waals surface area contributed by atoms with Gasteiger partial charge in [-0.1, -0.05) is 30.3 Å². The van der Waals surface area contributed by atoms with Gasteiger partial charge in [0.25, 0.3) is 0 Å². The lowest BCUT2D eigenvalue weighted by atomic mass is 9.91. The Hall–Kier alpha value is -1.65. The van der Waals surface area contributed by atoms with E-state index in [0.717, 1.165) is 36.8 Å². The van der Waals surface area contributed by atoms with Crippen molar-refractivity contribution in [3.05, 3.63) is 54.1 Å². The molecular weight excluding hydrogens is 306 g/mol. The lowest BCUT2D eigenvalue weighted by molar-refractivity contribution is 0.0473. The first-order chi connectivity index (χ1) is 11.4. The molecule has 0 aliphatic carbocycles. The number of para-hydroxylation sites is 3. The highest BCUT2D eigenvalue weighted by atomic mass is 32.2. The van der Waals surface area contributed by atoms with Gasteiger partial charge in [-0.25, -0.2) is 0 Å². The summed E-state index contributed by atoms with van der Waals surface area (Å²) in [5.41, 5.74) is 2.40. The Kier molecular flexibility index (Phi) is 4.19. The molecule has 23 heavy (non-hydrogen) atoms. The molecule has 2 atom stereocenters. The van der Waals surface area contributed by atoms with Crippen LogP contribution in [0.3, 0.4) is 0 Å². The molecule has 4 heteroatoms. The van der Waals surface area contributed by atoms with E-state index in [4.69, 9.17) is 9.47 Å². The van der Waals surface area contributed by atoms with Crippen molar-refractivity contribution in [1.29, 1.82) is 0 Å². The summed E-state index contributed by atoms with van der Waals surface area (Å²) in [4.78, 5) is 2.47. The largest absolute Gasteiger partial charge is 0.455 e. The second-order valence-electron chi connectivity index (χ2n) is 6.00. The fourth-order valence-corrected chi connectivity index (χ4v) is 3.96. The zero-order chi connectivity index (χ0) is 15.6. The molecule has 2 aliphatic rings. The average Bonchev–Trinajstić information content (AvgIpc) is 2.75. The zero-order valence-electron chi connectivity index (χ0n) is 13.3. The van der Waals surface area contributed by atoms with E-state index in [1.165, 1.54) is 11.3 Å². The van der Waals surface area contributed by atoms with Crippen molar-refractivity contribution in [2.75, 3.05) is 23.6 Å². The van der Waals surface area contributed by atoms with E-state index in [9.17, 15) is 0 Å². The molecule has 0 amide bonds. The zero-order valence-corrected chi connectivity index (χ0v) is 14.1. The molecule has 0 radical (unpaired) electrons. The minimum atomic E-state index is 0.201. The Morgan fingerprint density at radius 1 is 1.13 bits per heavy atom. The number of fused-ring (bicyclic) bond motifs is 5. The van der Waals surface area contributed by atoms with Gasteiger partial charge in [0, 0.05) is 12.1 Å². The van der Waals surface area contributed by atoms with Gasteiger partial charge >= 0.3 is 0 Å². The third-order valence-electron chi connectivity index (χ3n) is 4.61. The summed E-state index contributed by atoms with van der Waals surface area (Å²) in [5.74, 6) is 2.62. The molecule has 0 spiro atoms. The summed E-state index contributed by atoms with van der Waals surface area (Å²) >= 11 is 1.73. The Labute approximate surface area is 141 Å². The van der Waals surface area contributed by atoms with Gasteiger partial charge in [0.05, 0.1) is 23.8 Å². The van der Waals surface area contributed by atoms with Crippen molar-refractivity contribution in [3.63, 3.8) is 0 Å². The summed E-state index contributed by atoms with van der Waals surface area (Å²) in [5, 5.41) is 0. The number of nitrogens with zero attached hydrogens (tertiary/aromatic N) is 1. The van der Waals surface area contributed by atoms with Crippen LogP contribution in [-0.2, 0) is 4.74 Å². The number of rotatable bonds is 3. The quantitative estimate of drug-likeness (QED) is 0.752. The van der Waals surface area contributed by atoms with Gasteiger partial charge in [-0.15, -0.1) is 11.8 Å². The summed E-state index contributed by atoms with van der Waals surface area (Å²) in [6.07, 6.45) is 4.52. The molecule has 0 bridgehead atoms. The Bertz CT molecular complexity index is 691. The maximum atomic E-state index is 6.24. The summed E-state index contributed by atoms with van der Waals surface area (Å²) in [6, 6.07) is 16.9. The van der Waals surface area contributed by atoms with E-state index < -0.39 is 0 Å². The molecule has 0 saturated carbocycles. The van der Waals surface area contributed by atoms with Gasteiger partial charge in [-0.3, -0.25) is 0 Å². The molecule has 2 aromatic carbocycles. The maximum Gasteiger partial charge on any atom is 0.150 e. The number of hydrogen-bond donors (Lipinski definition) is 0. The molecule has 0 N–H and O–H groups in total. The fourth-order valence-electron chi connectivity index (χ4n) is 3.65. The fraction of sp³-hybridized carbons (Fsp3) is 0.368. The third-order valence-corrected chi connectivity index (χ3v) is 4.98. The Morgan fingerprint density at radius 2 is 1.91 bits per heavy atom. The van der Waals surface area contributed by atoms with Crippen LogP contribution in [0.4, 0.5) is 5.69 Å². The van der Waals surface area contributed by atoms with E-state index >= 15 is 0 Å². The molecule has 2 aliphatic heterocycles. The van der Waals surface area contributed by atoms with E-state index in [1.54, 1.807) is 11.8 Å². The molecular formula is C19H21NO2S. The smallest absolute Gasteiger partial charge is 0.150 e. The van der Waals surface area contributed by atoms with Gasteiger partial charge in [0.2, 0.25) is 0 Å². The lowest BCUT2D eigenvalue weighted by Crippen LogP contribution is -2.42. The molecule has 3 nitrogen and oxygen atoms in total. The van der Waals surface area contributed by atoms with Crippen LogP contribution in [0.25, 0.3) is 0 Å². The molecule has 0 unspecified atom stereocenters. The van der Waals surface area contributed by atoms with Crippen LogP contribution in [0.5, 0.6) is 11.5 Å². The molecule has 2 aromatic rings. The highest BCUT2D eigenvalue weighted by molar-refractivity contribution is 7.98. The minimum absolute atomic E-state index is 0.201. The van der Waals surface area contributed by atoms with Crippen molar-refractivity contribution >= 4 is 17.4 Å². The van der Waals surface area contributed by atoms with E-state index in [2.05, 4.69) is 47.6 Å². The monoisotopic (exact) mass is 327 g/mol. The van der Waals surface area contributed by atoms with Crippen LogP contribution in [0.1, 0.15) is 24.4 Å². The van der Waals surface area contributed by atoms with Crippen LogP contribution < -0.4 is 9.64 Å². The highest BCUT2D eigenvalue weighted by Crippen LogP contribution is 2.47. The van der Waals surface area contributed by atoms with Crippen LogP contribution in [-0.4, -0.2) is 24.8 Å².